The fourth-order valence-electron chi connectivity index (χ4n) is 3.74. The molecule has 2 aliphatic heterocycles. The SMILES string of the molecule is CC[C@@H]1CSC2=N[C@H](c3ccccn3)[C@@H](c3cc(C)[nH]c3C)N21. The van der Waals surface area contributed by atoms with Crippen molar-refractivity contribution in [2.45, 2.75) is 45.3 Å². The van der Waals surface area contributed by atoms with Crippen molar-refractivity contribution in [2.24, 2.45) is 4.99 Å². The number of aromatic nitrogens is 2. The second-order valence-corrected chi connectivity index (χ2v) is 7.36. The van der Waals surface area contributed by atoms with Gasteiger partial charge in [-0.2, -0.15) is 0 Å². The average Bonchev–Trinajstić information content (AvgIpc) is 3.21. The van der Waals surface area contributed by atoms with E-state index in [4.69, 9.17) is 4.99 Å². The highest BCUT2D eigenvalue weighted by Crippen LogP contribution is 2.49. The number of thioether (sulfide) groups is 1. The van der Waals surface area contributed by atoms with Crippen molar-refractivity contribution < 1.29 is 0 Å². The number of pyridine rings is 1. The smallest absolute Gasteiger partial charge is 0.160 e. The maximum atomic E-state index is 5.06. The largest absolute Gasteiger partial charge is 0.362 e. The molecule has 23 heavy (non-hydrogen) atoms. The number of fused-ring (bicyclic) bond motifs is 1. The van der Waals surface area contributed by atoms with Crippen molar-refractivity contribution in [3.05, 3.63) is 53.1 Å². The van der Waals surface area contributed by atoms with E-state index in [0.29, 0.717) is 6.04 Å². The second kappa shape index (κ2) is 5.71. The van der Waals surface area contributed by atoms with Gasteiger partial charge < -0.3 is 9.88 Å². The summed E-state index contributed by atoms with van der Waals surface area (Å²) in [6.07, 6.45) is 3.02. The summed E-state index contributed by atoms with van der Waals surface area (Å²) in [7, 11) is 0. The molecule has 4 heterocycles. The molecule has 0 saturated carbocycles. The Labute approximate surface area is 141 Å². The van der Waals surface area contributed by atoms with Crippen LogP contribution >= 0.6 is 11.8 Å². The van der Waals surface area contributed by atoms with Crippen LogP contribution in [0.2, 0.25) is 0 Å². The molecule has 120 valence electrons. The molecule has 4 rings (SSSR count). The number of H-pyrrole nitrogens is 1. The third-order valence-electron chi connectivity index (χ3n) is 4.84. The average molecular weight is 326 g/mol. The van der Waals surface area contributed by atoms with Gasteiger partial charge in [-0.15, -0.1) is 0 Å². The van der Waals surface area contributed by atoms with E-state index in [2.05, 4.69) is 53.8 Å². The number of nitrogens with zero attached hydrogens (tertiary/aromatic N) is 3. The summed E-state index contributed by atoms with van der Waals surface area (Å²) in [4.78, 5) is 15.7. The lowest BCUT2D eigenvalue weighted by Crippen LogP contribution is -2.35. The molecule has 5 heteroatoms. The predicted octanol–water partition coefficient (Wildman–Crippen LogP) is 4.01. The zero-order valence-corrected chi connectivity index (χ0v) is 14.6. The standard InChI is InChI=1S/C18H22N4S/c1-4-13-10-23-18-21-16(15-7-5-6-8-19-15)17(22(13)18)14-9-11(2)20-12(14)3/h5-9,13,16-17,20H,4,10H2,1-3H3/t13-,16-,17-/m1/s1. The van der Waals surface area contributed by atoms with E-state index < -0.39 is 0 Å². The lowest BCUT2D eigenvalue weighted by Gasteiger charge is -2.31. The molecule has 0 unspecified atom stereocenters. The second-order valence-electron chi connectivity index (χ2n) is 6.37. The van der Waals surface area contributed by atoms with Gasteiger partial charge in [0.05, 0.1) is 11.7 Å². The molecule has 0 amide bonds. The van der Waals surface area contributed by atoms with Gasteiger partial charge in [0.2, 0.25) is 0 Å². The third-order valence-corrected chi connectivity index (χ3v) is 5.96. The van der Waals surface area contributed by atoms with Crippen LogP contribution in [0.25, 0.3) is 0 Å². The van der Waals surface area contributed by atoms with Gasteiger partial charge in [-0.25, -0.2) is 0 Å². The minimum atomic E-state index is 0.0851. The Morgan fingerprint density at radius 1 is 1.35 bits per heavy atom. The van der Waals surface area contributed by atoms with Crippen LogP contribution in [0.4, 0.5) is 0 Å². The van der Waals surface area contributed by atoms with E-state index in [0.717, 1.165) is 17.9 Å². The van der Waals surface area contributed by atoms with E-state index in [9.17, 15) is 0 Å². The van der Waals surface area contributed by atoms with Crippen LogP contribution in [0, 0.1) is 13.8 Å². The first-order chi connectivity index (χ1) is 11.2. The quantitative estimate of drug-likeness (QED) is 0.927. The van der Waals surface area contributed by atoms with Crippen LogP contribution in [0.3, 0.4) is 0 Å². The van der Waals surface area contributed by atoms with Gasteiger partial charge in [0.1, 0.15) is 6.04 Å². The summed E-state index contributed by atoms with van der Waals surface area (Å²) < 4.78 is 0. The normalized spacial score (nSPS) is 26.5. The van der Waals surface area contributed by atoms with Gasteiger partial charge in [0, 0.05) is 29.4 Å². The highest BCUT2D eigenvalue weighted by Gasteiger charge is 2.46. The minimum Gasteiger partial charge on any atom is -0.362 e. The van der Waals surface area contributed by atoms with E-state index in [-0.39, 0.29) is 12.1 Å². The van der Waals surface area contributed by atoms with Gasteiger partial charge in [-0.1, -0.05) is 24.8 Å². The minimum absolute atomic E-state index is 0.0851. The molecular formula is C18H22N4S. The predicted molar refractivity (Wildman–Crippen MR) is 95.8 cm³/mol. The number of amidine groups is 1. The summed E-state index contributed by atoms with van der Waals surface area (Å²) in [5.41, 5.74) is 4.88. The lowest BCUT2D eigenvalue weighted by molar-refractivity contribution is 0.254. The van der Waals surface area contributed by atoms with Crippen molar-refractivity contribution in [2.75, 3.05) is 5.75 Å². The number of nitrogens with one attached hydrogen (secondary N) is 1. The maximum absolute atomic E-state index is 5.06. The first-order valence-electron chi connectivity index (χ1n) is 8.25. The molecule has 1 fully saturated rings. The molecule has 3 atom stereocenters. The van der Waals surface area contributed by atoms with Crippen molar-refractivity contribution in [3.63, 3.8) is 0 Å². The zero-order chi connectivity index (χ0) is 16.0. The molecule has 1 N–H and O–H groups in total. The summed E-state index contributed by atoms with van der Waals surface area (Å²) in [6.45, 7) is 6.56. The number of hydrogen-bond donors (Lipinski definition) is 1. The Hall–Kier alpha value is -1.75. The number of aliphatic imine (C=N–C) groups is 1. The van der Waals surface area contributed by atoms with Crippen LogP contribution < -0.4 is 0 Å². The third kappa shape index (κ3) is 2.38. The molecule has 2 aromatic rings. The van der Waals surface area contributed by atoms with Crippen molar-refractivity contribution >= 4 is 16.9 Å². The van der Waals surface area contributed by atoms with Gasteiger partial charge in [0.15, 0.2) is 5.17 Å². The van der Waals surface area contributed by atoms with E-state index in [1.807, 2.05) is 24.0 Å². The molecule has 4 nitrogen and oxygen atoms in total. The van der Waals surface area contributed by atoms with Crippen molar-refractivity contribution in [3.8, 4) is 0 Å². The summed E-state index contributed by atoms with van der Waals surface area (Å²) in [5, 5.41) is 1.19. The van der Waals surface area contributed by atoms with Gasteiger partial charge >= 0.3 is 0 Å². The molecular weight excluding hydrogens is 304 g/mol. The molecule has 2 aliphatic rings. The van der Waals surface area contributed by atoms with E-state index in [1.165, 1.54) is 22.1 Å². The Kier molecular flexibility index (Phi) is 3.68. The van der Waals surface area contributed by atoms with Crippen molar-refractivity contribution in [1.29, 1.82) is 0 Å². The number of aryl methyl sites for hydroxylation is 2. The molecule has 0 aliphatic carbocycles. The topological polar surface area (TPSA) is 44.3 Å². The molecule has 1 saturated heterocycles. The molecule has 2 aromatic heterocycles. The van der Waals surface area contributed by atoms with Gasteiger partial charge in [-0.05, 0) is 44.0 Å². The molecule has 0 spiro atoms. The summed E-state index contributed by atoms with van der Waals surface area (Å²) in [5.74, 6) is 1.14. The van der Waals surface area contributed by atoms with Crippen LogP contribution in [0.5, 0.6) is 0 Å². The van der Waals surface area contributed by atoms with Gasteiger partial charge in [-0.3, -0.25) is 9.98 Å². The molecule has 0 bridgehead atoms. The van der Waals surface area contributed by atoms with Gasteiger partial charge in [0.25, 0.3) is 0 Å². The van der Waals surface area contributed by atoms with Crippen LogP contribution in [0.15, 0.2) is 35.5 Å². The molecule has 0 aromatic carbocycles. The van der Waals surface area contributed by atoms with Crippen LogP contribution in [-0.2, 0) is 0 Å². The van der Waals surface area contributed by atoms with Crippen molar-refractivity contribution in [1.82, 2.24) is 14.9 Å². The highest BCUT2D eigenvalue weighted by atomic mass is 32.2. The van der Waals surface area contributed by atoms with Crippen LogP contribution in [0.1, 0.15) is 48.1 Å². The summed E-state index contributed by atoms with van der Waals surface area (Å²) >= 11 is 1.89. The summed E-state index contributed by atoms with van der Waals surface area (Å²) in [6, 6.07) is 9.31. The monoisotopic (exact) mass is 326 g/mol. The Morgan fingerprint density at radius 2 is 2.22 bits per heavy atom. The Morgan fingerprint density at radius 3 is 2.87 bits per heavy atom. The van der Waals surface area contributed by atoms with Crippen LogP contribution in [-0.4, -0.2) is 31.8 Å². The number of hydrogen-bond acceptors (Lipinski definition) is 4. The first-order valence-corrected chi connectivity index (χ1v) is 9.23. The lowest BCUT2D eigenvalue weighted by atomic mass is 9.95. The number of aromatic amines is 1. The first kappa shape index (κ1) is 14.8. The Balaban J connectivity index is 1.82. The maximum Gasteiger partial charge on any atom is 0.160 e. The fourth-order valence-corrected chi connectivity index (χ4v) is 5.08. The zero-order valence-electron chi connectivity index (χ0n) is 13.8. The Bertz CT molecular complexity index is 737. The number of rotatable bonds is 3. The highest BCUT2D eigenvalue weighted by molar-refractivity contribution is 8.14. The van der Waals surface area contributed by atoms with E-state index in [1.54, 1.807) is 0 Å². The molecule has 0 radical (unpaired) electrons. The fraction of sp³-hybridized carbons (Fsp3) is 0.444. The van der Waals surface area contributed by atoms with E-state index >= 15 is 0 Å².